The minimum atomic E-state index is -0.0448. The van der Waals surface area contributed by atoms with Crippen molar-refractivity contribution in [2.75, 3.05) is 19.9 Å². The first-order valence-electron chi connectivity index (χ1n) is 8.01. The van der Waals surface area contributed by atoms with Crippen LogP contribution in [-0.2, 0) is 11.2 Å². The number of rotatable bonds is 5. The number of amides is 1. The van der Waals surface area contributed by atoms with Crippen molar-refractivity contribution in [1.82, 2.24) is 5.32 Å². The van der Waals surface area contributed by atoms with Gasteiger partial charge in [-0.25, -0.2) is 0 Å². The Labute approximate surface area is 146 Å². The number of nitrogens with one attached hydrogen (secondary N) is 1. The van der Waals surface area contributed by atoms with Gasteiger partial charge >= 0.3 is 0 Å². The van der Waals surface area contributed by atoms with Gasteiger partial charge in [0.15, 0.2) is 11.5 Å². The predicted molar refractivity (Wildman–Crippen MR) is 93.7 cm³/mol. The molecule has 2 aromatic rings. The standard InChI is InChI=1S/C20H19NO4/c1-15-5-4-6-16(11-15)12-20(22)21-9-2-3-10-23-17-7-8-18-19(13-17)25-14-24-18/h4-8,11,13H,9-10,12,14H2,1H3,(H,21,22). The third-order valence-electron chi connectivity index (χ3n) is 3.60. The normalized spacial score (nSPS) is 11.4. The lowest BCUT2D eigenvalue weighted by Gasteiger charge is -2.03. The van der Waals surface area contributed by atoms with Crippen LogP contribution in [0.4, 0.5) is 0 Å². The predicted octanol–water partition coefficient (Wildman–Crippen LogP) is 2.46. The van der Waals surface area contributed by atoms with E-state index in [-0.39, 0.29) is 19.3 Å². The summed E-state index contributed by atoms with van der Waals surface area (Å²) in [6, 6.07) is 13.3. The summed E-state index contributed by atoms with van der Waals surface area (Å²) in [4.78, 5) is 11.9. The summed E-state index contributed by atoms with van der Waals surface area (Å²) in [6.07, 6.45) is 0.358. The van der Waals surface area contributed by atoms with Gasteiger partial charge in [-0.15, -0.1) is 0 Å². The highest BCUT2D eigenvalue weighted by Crippen LogP contribution is 2.34. The third kappa shape index (κ3) is 4.92. The first-order chi connectivity index (χ1) is 12.2. The number of benzene rings is 2. The molecule has 0 saturated carbocycles. The Morgan fingerprint density at radius 3 is 2.92 bits per heavy atom. The maximum absolute atomic E-state index is 11.9. The van der Waals surface area contributed by atoms with Crippen molar-refractivity contribution in [3.05, 3.63) is 53.6 Å². The van der Waals surface area contributed by atoms with E-state index in [1.165, 1.54) is 0 Å². The molecule has 3 rings (SSSR count). The van der Waals surface area contributed by atoms with Gasteiger partial charge in [-0.1, -0.05) is 41.7 Å². The largest absolute Gasteiger partial charge is 0.481 e. The Kier molecular flexibility index (Phi) is 5.43. The molecule has 1 amide bonds. The van der Waals surface area contributed by atoms with E-state index in [1.54, 1.807) is 18.2 Å². The second-order valence-corrected chi connectivity index (χ2v) is 5.60. The number of carbonyl (C=O) groups is 1. The summed E-state index contributed by atoms with van der Waals surface area (Å²) < 4.78 is 16.0. The van der Waals surface area contributed by atoms with Crippen molar-refractivity contribution in [3.63, 3.8) is 0 Å². The Morgan fingerprint density at radius 1 is 1.16 bits per heavy atom. The summed E-state index contributed by atoms with van der Waals surface area (Å²) in [5.74, 6) is 7.76. The lowest BCUT2D eigenvalue weighted by atomic mass is 10.1. The molecule has 0 aromatic heterocycles. The van der Waals surface area contributed by atoms with Crippen LogP contribution in [-0.4, -0.2) is 25.9 Å². The molecule has 0 aliphatic carbocycles. The molecular formula is C20H19NO4. The molecule has 0 bridgehead atoms. The molecule has 0 atom stereocenters. The molecule has 5 nitrogen and oxygen atoms in total. The summed E-state index contributed by atoms with van der Waals surface area (Å²) in [6.45, 7) is 2.79. The van der Waals surface area contributed by atoms with Gasteiger partial charge in [0, 0.05) is 6.07 Å². The van der Waals surface area contributed by atoms with Crippen LogP contribution < -0.4 is 19.5 Å². The van der Waals surface area contributed by atoms with Gasteiger partial charge in [-0.05, 0) is 24.6 Å². The van der Waals surface area contributed by atoms with Crippen molar-refractivity contribution in [2.24, 2.45) is 0 Å². The molecule has 0 unspecified atom stereocenters. The zero-order valence-corrected chi connectivity index (χ0v) is 14.0. The second-order valence-electron chi connectivity index (χ2n) is 5.60. The van der Waals surface area contributed by atoms with E-state index in [2.05, 4.69) is 17.2 Å². The molecular weight excluding hydrogens is 318 g/mol. The van der Waals surface area contributed by atoms with Crippen LogP contribution in [0, 0.1) is 18.8 Å². The van der Waals surface area contributed by atoms with Gasteiger partial charge in [-0.2, -0.15) is 0 Å². The van der Waals surface area contributed by atoms with Crippen LogP contribution in [0.25, 0.3) is 0 Å². The Balaban J connectivity index is 1.37. The average molecular weight is 337 g/mol. The quantitative estimate of drug-likeness (QED) is 0.852. The topological polar surface area (TPSA) is 56.8 Å². The van der Waals surface area contributed by atoms with Crippen LogP contribution in [0.3, 0.4) is 0 Å². The molecule has 1 aliphatic rings. The molecule has 128 valence electrons. The maximum atomic E-state index is 11.9. The van der Waals surface area contributed by atoms with Crippen LogP contribution in [0.2, 0.25) is 0 Å². The zero-order chi connectivity index (χ0) is 17.5. The van der Waals surface area contributed by atoms with Gasteiger partial charge in [0.2, 0.25) is 12.7 Å². The molecule has 5 heteroatoms. The van der Waals surface area contributed by atoms with E-state index >= 15 is 0 Å². The summed E-state index contributed by atoms with van der Waals surface area (Å²) >= 11 is 0. The lowest BCUT2D eigenvalue weighted by Crippen LogP contribution is -2.25. The van der Waals surface area contributed by atoms with Crippen molar-refractivity contribution in [3.8, 4) is 29.1 Å². The Bertz CT molecular complexity index is 820. The fraction of sp³-hybridized carbons (Fsp3) is 0.250. The minimum Gasteiger partial charge on any atom is -0.481 e. The van der Waals surface area contributed by atoms with Crippen LogP contribution >= 0.6 is 0 Å². The van der Waals surface area contributed by atoms with Crippen LogP contribution in [0.15, 0.2) is 42.5 Å². The first-order valence-corrected chi connectivity index (χ1v) is 8.01. The second kappa shape index (κ2) is 8.11. The molecule has 0 radical (unpaired) electrons. The van der Waals surface area contributed by atoms with Crippen molar-refractivity contribution < 1.29 is 19.0 Å². The van der Waals surface area contributed by atoms with Gasteiger partial charge < -0.3 is 19.5 Å². The highest BCUT2D eigenvalue weighted by molar-refractivity contribution is 5.78. The van der Waals surface area contributed by atoms with E-state index in [9.17, 15) is 4.79 Å². The minimum absolute atomic E-state index is 0.0448. The monoisotopic (exact) mass is 337 g/mol. The van der Waals surface area contributed by atoms with Gasteiger partial charge in [0.05, 0.1) is 13.0 Å². The van der Waals surface area contributed by atoms with Crippen LogP contribution in [0.5, 0.6) is 17.2 Å². The number of carbonyl (C=O) groups excluding carboxylic acids is 1. The summed E-state index contributed by atoms with van der Waals surface area (Å²) in [5.41, 5.74) is 2.14. The number of aryl methyl sites for hydroxylation is 1. The number of ether oxygens (including phenoxy) is 3. The number of fused-ring (bicyclic) bond motifs is 1. The van der Waals surface area contributed by atoms with E-state index in [4.69, 9.17) is 14.2 Å². The highest BCUT2D eigenvalue weighted by Gasteiger charge is 2.13. The van der Waals surface area contributed by atoms with Crippen molar-refractivity contribution >= 4 is 5.91 Å². The molecule has 25 heavy (non-hydrogen) atoms. The lowest BCUT2D eigenvalue weighted by molar-refractivity contribution is -0.120. The molecule has 1 aliphatic heterocycles. The zero-order valence-electron chi connectivity index (χ0n) is 14.0. The number of hydrogen-bond donors (Lipinski definition) is 1. The van der Waals surface area contributed by atoms with Crippen molar-refractivity contribution in [1.29, 1.82) is 0 Å². The van der Waals surface area contributed by atoms with E-state index in [1.807, 2.05) is 31.2 Å². The fourth-order valence-corrected chi connectivity index (χ4v) is 2.41. The van der Waals surface area contributed by atoms with Gasteiger partial charge in [-0.3, -0.25) is 4.79 Å². The van der Waals surface area contributed by atoms with Crippen LogP contribution in [0.1, 0.15) is 11.1 Å². The summed E-state index contributed by atoms with van der Waals surface area (Å²) in [5, 5.41) is 2.78. The van der Waals surface area contributed by atoms with Gasteiger partial charge in [0.1, 0.15) is 12.4 Å². The summed E-state index contributed by atoms with van der Waals surface area (Å²) in [7, 11) is 0. The molecule has 0 saturated heterocycles. The maximum Gasteiger partial charge on any atom is 0.231 e. The molecule has 1 N–H and O–H groups in total. The number of hydrogen-bond acceptors (Lipinski definition) is 4. The molecule has 0 fully saturated rings. The molecule has 1 heterocycles. The van der Waals surface area contributed by atoms with Crippen molar-refractivity contribution in [2.45, 2.75) is 13.3 Å². The molecule has 0 spiro atoms. The highest BCUT2D eigenvalue weighted by atomic mass is 16.7. The third-order valence-corrected chi connectivity index (χ3v) is 3.60. The van der Waals surface area contributed by atoms with E-state index < -0.39 is 0 Å². The van der Waals surface area contributed by atoms with Gasteiger partial charge in [0.25, 0.3) is 0 Å². The van der Waals surface area contributed by atoms with E-state index in [0.29, 0.717) is 24.5 Å². The SMILES string of the molecule is Cc1cccc(CC(=O)NCC#CCOc2ccc3c(c2)OCO3)c1. The smallest absolute Gasteiger partial charge is 0.231 e. The Morgan fingerprint density at radius 2 is 2.04 bits per heavy atom. The van der Waals surface area contributed by atoms with E-state index in [0.717, 1.165) is 16.9 Å². The first kappa shape index (κ1) is 16.7. The fourth-order valence-electron chi connectivity index (χ4n) is 2.41. The Hall–Kier alpha value is -3.13. The molecule has 2 aromatic carbocycles. The average Bonchev–Trinajstić information content (AvgIpc) is 3.05.